The van der Waals surface area contributed by atoms with E-state index in [1.807, 2.05) is 23.9 Å². The second-order valence-corrected chi connectivity index (χ2v) is 6.82. The number of sulfonamides is 1. The highest BCUT2D eigenvalue weighted by Gasteiger charge is 2.01. The van der Waals surface area contributed by atoms with Gasteiger partial charge in [0.1, 0.15) is 0 Å². The van der Waals surface area contributed by atoms with E-state index in [9.17, 15) is 8.42 Å². The Kier molecular flexibility index (Phi) is 6.35. The molecule has 102 valence electrons. The average molecular weight is 288 g/mol. The van der Waals surface area contributed by atoms with Gasteiger partial charge in [-0.1, -0.05) is 6.07 Å². The smallest absolute Gasteiger partial charge is 0.229 e. The van der Waals surface area contributed by atoms with Gasteiger partial charge in [0.05, 0.1) is 11.9 Å². The molecule has 2 N–H and O–H groups in total. The second kappa shape index (κ2) is 7.53. The topological polar surface area (TPSA) is 58.2 Å². The van der Waals surface area contributed by atoms with Crippen LogP contribution in [0, 0.1) is 0 Å². The summed E-state index contributed by atoms with van der Waals surface area (Å²) in [6, 6.07) is 7.30. The summed E-state index contributed by atoms with van der Waals surface area (Å²) in [6.45, 7) is 0.906. The van der Waals surface area contributed by atoms with Crippen LogP contribution in [0.3, 0.4) is 0 Å². The molecule has 0 aliphatic rings. The number of anilines is 2. The first kappa shape index (κ1) is 15.2. The van der Waals surface area contributed by atoms with E-state index in [1.165, 1.54) is 12.2 Å². The molecule has 0 atom stereocenters. The van der Waals surface area contributed by atoms with Gasteiger partial charge in [0.2, 0.25) is 10.0 Å². The molecule has 0 saturated carbocycles. The van der Waals surface area contributed by atoms with Crippen molar-refractivity contribution in [2.45, 2.75) is 12.8 Å². The fourth-order valence-corrected chi connectivity index (χ4v) is 2.56. The van der Waals surface area contributed by atoms with Crippen LogP contribution in [0.1, 0.15) is 12.8 Å². The monoisotopic (exact) mass is 288 g/mol. The fraction of sp³-hybridized carbons (Fsp3) is 0.500. The molecule has 0 heterocycles. The summed E-state index contributed by atoms with van der Waals surface area (Å²) in [5.41, 5.74) is 1.53. The lowest BCUT2D eigenvalue weighted by Gasteiger charge is -2.09. The molecule has 0 fully saturated rings. The van der Waals surface area contributed by atoms with Gasteiger partial charge in [-0.25, -0.2) is 8.42 Å². The van der Waals surface area contributed by atoms with E-state index in [2.05, 4.69) is 16.3 Å². The first-order chi connectivity index (χ1) is 8.51. The largest absolute Gasteiger partial charge is 0.385 e. The summed E-state index contributed by atoms with van der Waals surface area (Å²) in [5.74, 6) is 1.18. The van der Waals surface area contributed by atoms with Gasteiger partial charge in [-0.05, 0) is 43.0 Å². The van der Waals surface area contributed by atoms with Gasteiger partial charge in [0.15, 0.2) is 0 Å². The molecule has 0 spiro atoms. The minimum Gasteiger partial charge on any atom is -0.385 e. The van der Waals surface area contributed by atoms with Crippen LogP contribution in [-0.2, 0) is 10.0 Å². The Balaban J connectivity index is 2.44. The SMILES string of the molecule is CSCCCCNc1cccc(NS(C)(=O)=O)c1. The normalized spacial score (nSPS) is 11.2. The van der Waals surface area contributed by atoms with E-state index in [4.69, 9.17) is 0 Å². The summed E-state index contributed by atoms with van der Waals surface area (Å²) in [5, 5.41) is 3.29. The van der Waals surface area contributed by atoms with Gasteiger partial charge < -0.3 is 5.32 Å². The van der Waals surface area contributed by atoms with Gasteiger partial charge in [0, 0.05) is 12.2 Å². The lowest BCUT2D eigenvalue weighted by atomic mass is 10.2. The van der Waals surface area contributed by atoms with E-state index in [0.29, 0.717) is 5.69 Å². The molecule has 1 rings (SSSR count). The van der Waals surface area contributed by atoms with Crippen LogP contribution in [0.15, 0.2) is 24.3 Å². The molecular weight excluding hydrogens is 268 g/mol. The molecule has 1 aromatic rings. The number of hydrogen-bond donors (Lipinski definition) is 2. The van der Waals surface area contributed by atoms with Crippen LogP contribution in [-0.4, -0.2) is 33.2 Å². The van der Waals surface area contributed by atoms with Gasteiger partial charge in [-0.3, -0.25) is 4.72 Å². The summed E-state index contributed by atoms with van der Waals surface area (Å²) in [7, 11) is -3.21. The predicted octanol–water partition coefficient (Wildman–Crippen LogP) is 2.61. The highest BCUT2D eigenvalue weighted by molar-refractivity contribution is 7.98. The Morgan fingerprint density at radius 1 is 1.22 bits per heavy atom. The number of unbranched alkanes of at least 4 members (excludes halogenated alkanes) is 1. The quantitative estimate of drug-likeness (QED) is 0.722. The highest BCUT2D eigenvalue weighted by atomic mass is 32.2. The molecule has 18 heavy (non-hydrogen) atoms. The zero-order chi connectivity index (χ0) is 13.4. The van der Waals surface area contributed by atoms with Gasteiger partial charge in [0.25, 0.3) is 0 Å². The number of thioether (sulfide) groups is 1. The third kappa shape index (κ3) is 6.76. The Morgan fingerprint density at radius 2 is 1.94 bits per heavy atom. The number of rotatable bonds is 8. The van der Waals surface area contributed by atoms with E-state index >= 15 is 0 Å². The summed E-state index contributed by atoms with van der Waals surface area (Å²) < 4.78 is 24.7. The summed E-state index contributed by atoms with van der Waals surface area (Å²) in [4.78, 5) is 0. The lowest BCUT2D eigenvalue weighted by molar-refractivity contribution is 0.607. The maximum Gasteiger partial charge on any atom is 0.229 e. The number of nitrogens with one attached hydrogen (secondary N) is 2. The van der Waals surface area contributed by atoms with Crippen molar-refractivity contribution in [2.24, 2.45) is 0 Å². The van der Waals surface area contributed by atoms with Crippen molar-refractivity contribution in [3.63, 3.8) is 0 Å². The standard InChI is InChI=1S/C12H20N2O2S2/c1-17-9-4-3-8-13-11-6-5-7-12(10-11)14-18(2,15)16/h5-7,10,13-14H,3-4,8-9H2,1-2H3. The van der Waals surface area contributed by atoms with Crippen molar-refractivity contribution in [2.75, 3.05) is 34.8 Å². The van der Waals surface area contributed by atoms with E-state index in [1.54, 1.807) is 12.1 Å². The molecule has 0 bridgehead atoms. The highest BCUT2D eigenvalue weighted by Crippen LogP contribution is 2.16. The van der Waals surface area contributed by atoms with Crippen LogP contribution in [0.5, 0.6) is 0 Å². The molecule has 1 aromatic carbocycles. The molecule has 6 heteroatoms. The molecule has 0 aliphatic heterocycles. The van der Waals surface area contributed by atoms with Crippen LogP contribution in [0.25, 0.3) is 0 Å². The molecule has 0 amide bonds. The van der Waals surface area contributed by atoms with E-state index in [0.717, 1.165) is 24.9 Å². The van der Waals surface area contributed by atoms with E-state index in [-0.39, 0.29) is 0 Å². The van der Waals surface area contributed by atoms with Crippen molar-refractivity contribution < 1.29 is 8.42 Å². The average Bonchev–Trinajstić information content (AvgIpc) is 2.27. The minimum atomic E-state index is -3.21. The summed E-state index contributed by atoms with van der Waals surface area (Å²) in [6.07, 6.45) is 5.56. The van der Waals surface area contributed by atoms with Crippen molar-refractivity contribution >= 4 is 33.2 Å². The predicted molar refractivity (Wildman–Crippen MR) is 81.0 cm³/mol. The zero-order valence-corrected chi connectivity index (χ0v) is 12.4. The molecular formula is C12H20N2O2S2. The Bertz CT molecular complexity index is 461. The van der Waals surface area contributed by atoms with Gasteiger partial charge >= 0.3 is 0 Å². The second-order valence-electron chi connectivity index (χ2n) is 4.08. The van der Waals surface area contributed by atoms with Crippen LogP contribution in [0.2, 0.25) is 0 Å². The Morgan fingerprint density at radius 3 is 2.61 bits per heavy atom. The third-order valence-corrected chi connectivity index (χ3v) is 3.57. The van der Waals surface area contributed by atoms with Crippen LogP contribution in [0.4, 0.5) is 11.4 Å². The molecule has 0 aromatic heterocycles. The fourth-order valence-electron chi connectivity index (χ4n) is 1.51. The molecule has 0 unspecified atom stereocenters. The Labute approximate surface area is 114 Å². The van der Waals surface area contributed by atoms with Crippen molar-refractivity contribution in [3.8, 4) is 0 Å². The van der Waals surface area contributed by atoms with Gasteiger partial charge in [-0.15, -0.1) is 0 Å². The molecule has 0 saturated heterocycles. The van der Waals surface area contributed by atoms with Crippen molar-refractivity contribution in [1.82, 2.24) is 0 Å². The third-order valence-electron chi connectivity index (χ3n) is 2.27. The minimum absolute atomic E-state index is 0.589. The molecule has 4 nitrogen and oxygen atoms in total. The number of benzene rings is 1. The van der Waals surface area contributed by atoms with Crippen LogP contribution >= 0.6 is 11.8 Å². The molecule has 0 aliphatic carbocycles. The first-order valence-corrected chi connectivity index (χ1v) is 9.10. The van der Waals surface area contributed by atoms with E-state index < -0.39 is 10.0 Å². The number of hydrogen-bond acceptors (Lipinski definition) is 4. The summed E-state index contributed by atoms with van der Waals surface area (Å²) >= 11 is 1.85. The van der Waals surface area contributed by atoms with Crippen molar-refractivity contribution in [3.05, 3.63) is 24.3 Å². The Hall–Kier alpha value is -0.880. The lowest BCUT2D eigenvalue weighted by Crippen LogP contribution is -2.10. The van der Waals surface area contributed by atoms with Crippen molar-refractivity contribution in [1.29, 1.82) is 0 Å². The first-order valence-electron chi connectivity index (χ1n) is 5.82. The maximum atomic E-state index is 11.1. The maximum absolute atomic E-state index is 11.1. The van der Waals surface area contributed by atoms with Gasteiger partial charge in [-0.2, -0.15) is 11.8 Å². The molecule has 0 radical (unpaired) electrons. The van der Waals surface area contributed by atoms with Crippen LogP contribution < -0.4 is 10.0 Å². The zero-order valence-electron chi connectivity index (χ0n) is 10.8.